The lowest BCUT2D eigenvalue weighted by Crippen LogP contribution is -2.53. The van der Waals surface area contributed by atoms with E-state index in [0.29, 0.717) is 38.5 Å². The number of aliphatic hydroxyl groups excluding tert-OH is 1. The second-order valence-corrected chi connectivity index (χ2v) is 18.1. The number of aliphatic carboxylic acids is 2. The zero-order valence-corrected chi connectivity index (χ0v) is 34.7. The molecule has 0 bridgehead atoms. The fraction of sp³-hybridized carbons (Fsp3) is 0.886. The van der Waals surface area contributed by atoms with Gasteiger partial charge in [0.05, 0.1) is 12.2 Å². The number of unbranched alkanes of at least 4 members (excludes halogenated alkanes) is 8. The largest absolute Gasteiger partial charge is 0.481 e. The lowest BCUT2D eigenvalue weighted by atomic mass is 9.72. The first-order valence-electron chi connectivity index (χ1n) is 21.5. The molecule has 1 heterocycles. The molecule has 2 aliphatic carbocycles. The summed E-state index contributed by atoms with van der Waals surface area (Å²) in [6.45, 7) is 12.4. The lowest BCUT2D eigenvalue weighted by molar-refractivity contribution is -0.316. The SMILES string of the molecule is CCCCC(C)(C)C(=O)CC[C@H]1C(O)CC(=O)[C@@H]1CCCCCCC(=O)O.CCCCC(C)(C)C1(O)CC[C@H]2[C@@H](CC(=O)[C@@H]2CCCCCCC(=O)O)O1. The highest BCUT2D eigenvalue weighted by atomic mass is 16.6. The van der Waals surface area contributed by atoms with Crippen LogP contribution in [-0.4, -0.2) is 67.7 Å². The molecule has 0 spiro atoms. The molecule has 3 rings (SSSR count). The van der Waals surface area contributed by atoms with Crippen molar-refractivity contribution in [3.05, 3.63) is 0 Å². The fourth-order valence-corrected chi connectivity index (χ4v) is 9.04. The summed E-state index contributed by atoms with van der Waals surface area (Å²) in [5.41, 5.74) is -0.636. The minimum Gasteiger partial charge on any atom is -0.481 e. The summed E-state index contributed by atoms with van der Waals surface area (Å²) in [4.78, 5) is 58.5. The second kappa shape index (κ2) is 23.2. The predicted molar refractivity (Wildman–Crippen MR) is 210 cm³/mol. The van der Waals surface area contributed by atoms with Gasteiger partial charge in [-0.05, 0) is 63.2 Å². The van der Waals surface area contributed by atoms with Gasteiger partial charge in [0.1, 0.15) is 17.3 Å². The molecule has 10 heteroatoms. The van der Waals surface area contributed by atoms with Crippen LogP contribution >= 0.6 is 0 Å². The van der Waals surface area contributed by atoms with Gasteiger partial charge in [-0.15, -0.1) is 0 Å². The van der Waals surface area contributed by atoms with E-state index in [1.165, 1.54) is 0 Å². The Labute approximate surface area is 326 Å². The van der Waals surface area contributed by atoms with Crippen molar-refractivity contribution in [3.63, 3.8) is 0 Å². The van der Waals surface area contributed by atoms with E-state index in [2.05, 4.69) is 27.7 Å². The topological polar surface area (TPSA) is 175 Å². The Kier molecular flexibility index (Phi) is 20.6. The quantitative estimate of drug-likeness (QED) is 0.0656. The number of carbonyl (C=O) groups is 5. The van der Waals surface area contributed by atoms with Crippen LogP contribution in [0.2, 0.25) is 0 Å². The van der Waals surface area contributed by atoms with Crippen molar-refractivity contribution in [2.45, 2.75) is 214 Å². The summed E-state index contributed by atoms with van der Waals surface area (Å²) < 4.78 is 6.20. The molecule has 10 nitrogen and oxygen atoms in total. The number of fused-ring (bicyclic) bond motifs is 1. The fourth-order valence-electron chi connectivity index (χ4n) is 9.04. The van der Waals surface area contributed by atoms with Crippen molar-refractivity contribution in [1.29, 1.82) is 0 Å². The molecular weight excluding hydrogens is 688 g/mol. The average molecular weight is 765 g/mol. The maximum absolute atomic E-state index is 12.6. The van der Waals surface area contributed by atoms with Crippen LogP contribution in [0.25, 0.3) is 0 Å². The zero-order chi connectivity index (χ0) is 40.5. The smallest absolute Gasteiger partial charge is 0.303 e. The third kappa shape index (κ3) is 15.1. The van der Waals surface area contributed by atoms with E-state index in [4.69, 9.17) is 14.9 Å². The van der Waals surface area contributed by atoms with Gasteiger partial charge in [0.25, 0.3) is 0 Å². The number of ketones is 3. The van der Waals surface area contributed by atoms with Gasteiger partial charge >= 0.3 is 11.9 Å². The number of carbonyl (C=O) groups excluding carboxylic acids is 3. The number of rotatable bonds is 25. The van der Waals surface area contributed by atoms with E-state index in [1.54, 1.807) is 0 Å². The molecule has 0 aromatic carbocycles. The van der Waals surface area contributed by atoms with Crippen LogP contribution in [0, 0.1) is 34.5 Å². The summed E-state index contributed by atoms with van der Waals surface area (Å²) >= 11 is 0. The van der Waals surface area contributed by atoms with Gasteiger partial charge < -0.3 is 25.2 Å². The van der Waals surface area contributed by atoms with Crippen molar-refractivity contribution in [1.82, 2.24) is 0 Å². The van der Waals surface area contributed by atoms with Gasteiger partial charge in [-0.2, -0.15) is 0 Å². The standard InChI is InChI=1S/2C22H38O5/c1-4-5-13-21(2,3)22(26)14-12-17-16(18(23)15-19(17)27-22)10-8-6-7-9-11-20(24)25;1-4-5-14-22(2,3)20(25)13-12-17-16(18(23)15-19(17)24)10-8-6-7-9-11-21(26)27/h16-17,19,26H,4-15H2,1-3H3,(H,24,25);16-17,19,24H,4-15H2,1-3H3,(H,26,27)/t16-,17-,19-,22?;16-,17-,19?/m11/s1. The molecule has 0 aromatic heterocycles. The Morgan fingerprint density at radius 1 is 0.704 bits per heavy atom. The summed E-state index contributed by atoms with van der Waals surface area (Å²) in [6, 6.07) is 0. The van der Waals surface area contributed by atoms with E-state index < -0.39 is 23.8 Å². The maximum atomic E-state index is 12.6. The number of carboxylic acid groups (broad SMARTS) is 2. The monoisotopic (exact) mass is 765 g/mol. The zero-order valence-electron chi connectivity index (χ0n) is 34.7. The molecule has 7 atom stereocenters. The van der Waals surface area contributed by atoms with E-state index >= 15 is 0 Å². The summed E-state index contributed by atoms with van der Waals surface area (Å²) in [7, 11) is 0. The summed E-state index contributed by atoms with van der Waals surface area (Å²) in [6.07, 6.45) is 17.3. The molecule has 54 heavy (non-hydrogen) atoms. The van der Waals surface area contributed by atoms with E-state index in [-0.39, 0.29) is 77.2 Å². The molecule has 0 aromatic rings. The van der Waals surface area contributed by atoms with Gasteiger partial charge in [-0.3, -0.25) is 24.0 Å². The molecule has 2 unspecified atom stereocenters. The minimum absolute atomic E-state index is 0.0535. The van der Waals surface area contributed by atoms with Crippen LogP contribution in [-0.2, 0) is 28.7 Å². The minimum atomic E-state index is -1.13. The first kappa shape index (κ1) is 48.0. The number of hydrogen-bond acceptors (Lipinski definition) is 8. The number of hydrogen-bond donors (Lipinski definition) is 4. The van der Waals surface area contributed by atoms with Crippen LogP contribution in [0.1, 0.15) is 196 Å². The van der Waals surface area contributed by atoms with Crippen molar-refractivity contribution in [2.24, 2.45) is 34.5 Å². The Hall–Kier alpha value is -2.17. The molecule has 1 saturated heterocycles. The second-order valence-electron chi connectivity index (χ2n) is 18.1. The Morgan fingerprint density at radius 3 is 1.78 bits per heavy atom. The number of aliphatic hydroxyl groups is 2. The molecule has 3 fully saturated rings. The highest BCUT2D eigenvalue weighted by Crippen LogP contribution is 2.50. The molecule has 0 radical (unpaired) electrons. The van der Waals surface area contributed by atoms with Gasteiger partial charge in [-0.1, -0.05) is 106 Å². The third-order valence-corrected chi connectivity index (χ3v) is 12.9. The normalized spacial score (nSPS) is 27.0. The Morgan fingerprint density at radius 2 is 1.22 bits per heavy atom. The van der Waals surface area contributed by atoms with Crippen LogP contribution in [0.4, 0.5) is 0 Å². The van der Waals surface area contributed by atoms with Crippen LogP contribution in [0.5, 0.6) is 0 Å². The number of ether oxygens (including phenoxy) is 1. The van der Waals surface area contributed by atoms with Crippen molar-refractivity contribution in [3.8, 4) is 0 Å². The van der Waals surface area contributed by atoms with Crippen LogP contribution < -0.4 is 0 Å². The lowest BCUT2D eigenvalue weighted by Gasteiger charge is -2.48. The van der Waals surface area contributed by atoms with E-state index in [9.17, 15) is 34.2 Å². The molecule has 1 aliphatic heterocycles. The number of carboxylic acids is 2. The van der Waals surface area contributed by atoms with Crippen molar-refractivity contribution >= 4 is 29.3 Å². The van der Waals surface area contributed by atoms with Gasteiger partial charge in [0.15, 0.2) is 5.79 Å². The maximum Gasteiger partial charge on any atom is 0.303 e. The average Bonchev–Trinajstić information content (AvgIpc) is 3.55. The predicted octanol–water partition coefficient (Wildman–Crippen LogP) is 9.24. The van der Waals surface area contributed by atoms with Gasteiger partial charge in [-0.25, -0.2) is 0 Å². The third-order valence-electron chi connectivity index (χ3n) is 12.9. The first-order valence-corrected chi connectivity index (χ1v) is 21.5. The van der Waals surface area contributed by atoms with Crippen LogP contribution in [0.3, 0.4) is 0 Å². The number of Topliss-reactive ketones (excluding diaryl/α,β-unsaturated/α-hetero) is 3. The Balaban J connectivity index is 0.000000373. The van der Waals surface area contributed by atoms with Crippen molar-refractivity contribution < 1.29 is 49.1 Å². The Bertz CT molecular complexity index is 1190. The molecular formula is C44H76O10. The highest BCUT2D eigenvalue weighted by Gasteiger charge is 2.54. The molecule has 4 N–H and O–H groups in total. The van der Waals surface area contributed by atoms with E-state index in [1.807, 2.05) is 13.8 Å². The highest BCUT2D eigenvalue weighted by molar-refractivity contribution is 5.86. The van der Waals surface area contributed by atoms with Gasteiger partial charge in [0.2, 0.25) is 0 Å². The molecule has 312 valence electrons. The molecule has 0 amide bonds. The van der Waals surface area contributed by atoms with Crippen molar-refractivity contribution in [2.75, 3.05) is 0 Å². The summed E-state index contributed by atoms with van der Waals surface area (Å²) in [5, 5.41) is 38.8. The van der Waals surface area contributed by atoms with E-state index in [0.717, 1.165) is 96.3 Å². The molecule has 2 saturated carbocycles. The van der Waals surface area contributed by atoms with Crippen LogP contribution in [0.15, 0.2) is 0 Å². The molecule has 3 aliphatic rings. The summed E-state index contributed by atoms with van der Waals surface area (Å²) in [5.74, 6) is -1.97. The van der Waals surface area contributed by atoms with Gasteiger partial charge in [0, 0.05) is 61.2 Å². The first-order chi connectivity index (χ1) is 25.4.